The molecule has 0 radical (unpaired) electrons. The Morgan fingerprint density at radius 2 is 1.55 bits per heavy atom. The molecule has 1 unspecified atom stereocenters. The van der Waals surface area contributed by atoms with Crippen LogP contribution in [0.3, 0.4) is 0 Å². The lowest BCUT2D eigenvalue weighted by molar-refractivity contribution is 0.0962. The second-order valence-electron chi connectivity index (χ2n) is 7.79. The number of hydrogen-bond acceptors (Lipinski definition) is 8. The summed E-state index contributed by atoms with van der Waals surface area (Å²) in [7, 11) is 6.35. The zero-order valence-corrected chi connectivity index (χ0v) is 19.4. The molecular formula is C25H27N3O5. The quantitative estimate of drug-likeness (QED) is 0.565. The molecule has 0 amide bonds. The number of carbonyl (C=O) groups is 1. The molecular weight excluding hydrogens is 422 g/mol. The molecule has 0 saturated heterocycles. The Bertz CT molecular complexity index is 1150. The number of nitrogens with one attached hydrogen (secondary N) is 1. The van der Waals surface area contributed by atoms with Crippen LogP contribution in [-0.4, -0.2) is 44.2 Å². The molecule has 2 aromatic carbocycles. The van der Waals surface area contributed by atoms with Crippen LogP contribution in [0.15, 0.2) is 36.4 Å². The van der Waals surface area contributed by atoms with E-state index < -0.39 is 0 Å². The maximum absolute atomic E-state index is 13.1. The Morgan fingerprint density at radius 3 is 2.12 bits per heavy atom. The van der Waals surface area contributed by atoms with Crippen molar-refractivity contribution < 1.29 is 23.7 Å². The predicted octanol–water partition coefficient (Wildman–Crippen LogP) is 4.48. The van der Waals surface area contributed by atoms with Crippen molar-refractivity contribution in [2.24, 2.45) is 0 Å². The minimum Gasteiger partial charge on any atom is -0.497 e. The molecule has 3 aromatic rings. The van der Waals surface area contributed by atoms with E-state index in [4.69, 9.17) is 23.9 Å². The van der Waals surface area contributed by atoms with E-state index in [1.165, 1.54) is 0 Å². The number of nitrogens with zero attached hydrogens (tertiary/aromatic N) is 2. The number of carbonyl (C=O) groups excluding carboxylic acids is 1. The molecule has 1 atom stereocenters. The Kier molecular flexibility index (Phi) is 6.35. The fraction of sp³-hybridized carbons (Fsp3) is 0.320. The SMILES string of the molecule is COc1ccc(Nc2nc(C)c3c(n2)CC(c2cc(OC)c(OC)c(OC)c2)CC3=O)cc1. The summed E-state index contributed by atoms with van der Waals surface area (Å²) in [6.45, 7) is 1.84. The van der Waals surface area contributed by atoms with Crippen LogP contribution >= 0.6 is 0 Å². The van der Waals surface area contributed by atoms with E-state index in [1.807, 2.05) is 43.3 Å². The van der Waals surface area contributed by atoms with Gasteiger partial charge in [0.2, 0.25) is 11.7 Å². The van der Waals surface area contributed by atoms with Gasteiger partial charge in [-0.15, -0.1) is 0 Å². The largest absolute Gasteiger partial charge is 0.497 e. The second kappa shape index (κ2) is 9.36. The Morgan fingerprint density at radius 1 is 0.879 bits per heavy atom. The highest BCUT2D eigenvalue weighted by atomic mass is 16.5. The van der Waals surface area contributed by atoms with Crippen LogP contribution in [0.25, 0.3) is 0 Å². The Balaban J connectivity index is 1.66. The molecule has 1 aliphatic carbocycles. The number of benzene rings is 2. The first-order valence-electron chi connectivity index (χ1n) is 10.6. The van der Waals surface area contributed by atoms with Crippen molar-refractivity contribution in [3.63, 3.8) is 0 Å². The number of rotatable bonds is 7. The normalized spacial score (nSPS) is 14.9. The molecule has 4 rings (SSSR count). The summed E-state index contributed by atoms with van der Waals surface area (Å²) in [5, 5.41) is 3.22. The Hall–Kier alpha value is -3.81. The van der Waals surface area contributed by atoms with E-state index in [9.17, 15) is 4.79 Å². The molecule has 1 heterocycles. The van der Waals surface area contributed by atoms with Crippen molar-refractivity contribution in [2.75, 3.05) is 33.8 Å². The van der Waals surface area contributed by atoms with Crippen LogP contribution in [0, 0.1) is 6.92 Å². The zero-order chi connectivity index (χ0) is 23.5. The molecule has 0 fully saturated rings. The summed E-state index contributed by atoms with van der Waals surface area (Å²) in [6, 6.07) is 11.3. The lowest BCUT2D eigenvalue weighted by Crippen LogP contribution is -2.23. The van der Waals surface area contributed by atoms with Gasteiger partial charge in [-0.05, 0) is 61.2 Å². The average Bonchev–Trinajstić information content (AvgIpc) is 2.82. The van der Waals surface area contributed by atoms with Crippen molar-refractivity contribution >= 4 is 17.4 Å². The molecule has 0 saturated carbocycles. The molecule has 33 heavy (non-hydrogen) atoms. The molecule has 8 nitrogen and oxygen atoms in total. The molecule has 172 valence electrons. The fourth-order valence-electron chi connectivity index (χ4n) is 4.21. The number of Topliss-reactive ketones (excluding diaryl/α,β-unsaturated/α-hetero) is 1. The van der Waals surface area contributed by atoms with E-state index in [-0.39, 0.29) is 11.7 Å². The molecule has 1 aliphatic rings. The average molecular weight is 450 g/mol. The monoisotopic (exact) mass is 449 g/mol. The highest BCUT2D eigenvalue weighted by Gasteiger charge is 2.31. The maximum Gasteiger partial charge on any atom is 0.227 e. The van der Waals surface area contributed by atoms with Gasteiger partial charge in [-0.25, -0.2) is 9.97 Å². The molecule has 1 N–H and O–H groups in total. The number of aryl methyl sites for hydroxylation is 1. The lowest BCUT2D eigenvalue weighted by atomic mass is 9.81. The molecule has 0 bridgehead atoms. The van der Waals surface area contributed by atoms with Crippen LogP contribution in [0.4, 0.5) is 11.6 Å². The van der Waals surface area contributed by atoms with Gasteiger partial charge in [0.15, 0.2) is 17.3 Å². The van der Waals surface area contributed by atoms with Crippen molar-refractivity contribution in [3.05, 3.63) is 58.9 Å². The van der Waals surface area contributed by atoms with Gasteiger partial charge < -0.3 is 24.3 Å². The number of ketones is 1. The van der Waals surface area contributed by atoms with E-state index in [2.05, 4.69) is 10.3 Å². The third-order valence-electron chi connectivity index (χ3n) is 5.82. The van der Waals surface area contributed by atoms with E-state index in [1.54, 1.807) is 28.4 Å². The number of aromatic nitrogens is 2. The molecule has 0 spiro atoms. The third-order valence-corrected chi connectivity index (χ3v) is 5.82. The summed E-state index contributed by atoms with van der Waals surface area (Å²) >= 11 is 0. The number of hydrogen-bond donors (Lipinski definition) is 1. The summed E-state index contributed by atoms with van der Waals surface area (Å²) < 4.78 is 21.6. The van der Waals surface area contributed by atoms with Crippen LogP contribution in [0.2, 0.25) is 0 Å². The van der Waals surface area contributed by atoms with Crippen LogP contribution in [0.5, 0.6) is 23.0 Å². The molecule has 1 aromatic heterocycles. The summed E-state index contributed by atoms with van der Waals surface area (Å²) in [6.07, 6.45) is 0.960. The first-order chi connectivity index (χ1) is 16.0. The van der Waals surface area contributed by atoms with Crippen molar-refractivity contribution in [3.8, 4) is 23.0 Å². The van der Waals surface area contributed by atoms with Gasteiger partial charge in [0.25, 0.3) is 0 Å². The smallest absolute Gasteiger partial charge is 0.227 e. The minimum absolute atomic E-state index is 0.0310. The highest BCUT2D eigenvalue weighted by Crippen LogP contribution is 2.43. The van der Waals surface area contributed by atoms with Crippen LogP contribution in [0.1, 0.15) is 39.6 Å². The lowest BCUT2D eigenvalue weighted by Gasteiger charge is -2.26. The number of methoxy groups -OCH3 is 4. The standard InChI is InChI=1S/C25H27N3O5/c1-14-23-19(28-25(26-14)27-17-6-8-18(30-2)9-7-17)10-15(11-20(23)29)16-12-21(31-3)24(33-5)22(13-16)32-4/h6-9,12-13,15H,10-11H2,1-5H3,(H,26,27,28). The van der Waals surface area contributed by atoms with E-state index in [0.717, 1.165) is 22.7 Å². The van der Waals surface area contributed by atoms with Gasteiger partial charge in [0, 0.05) is 12.1 Å². The topological polar surface area (TPSA) is 91.8 Å². The predicted molar refractivity (Wildman–Crippen MR) is 125 cm³/mol. The second-order valence-corrected chi connectivity index (χ2v) is 7.79. The van der Waals surface area contributed by atoms with E-state index >= 15 is 0 Å². The van der Waals surface area contributed by atoms with Crippen molar-refractivity contribution in [1.29, 1.82) is 0 Å². The van der Waals surface area contributed by atoms with Crippen LogP contribution in [-0.2, 0) is 6.42 Å². The Labute approximate surface area is 192 Å². The fourth-order valence-corrected chi connectivity index (χ4v) is 4.21. The summed E-state index contributed by atoms with van der Waals surface area (Å²) in [4.78, 5) is 22.3. The summed E-state index contributed by atoms with van der Waals surface area (Å²) in [5.74, 6) is 2.83. The first-order valence-corrected chi connectivity index (χ1v) is 10.6. The zero-order valence-electron chi connectivity index (χ0n) is 19.4. The highest BCUT2D eigenvalue weighted by molar-refractivity contribution is 5.99. The van der Waals surface area contributed by atoms with Crippen LogP contribution < -0.4 is 24.3 Å². The molecule has 8 heteroatoms. The van der Waals surface area contributed by atoms with Gasteiger partial charge in [0.1, 0.15) is 5.75 Å². The third kappa shape index (κ3) is 4.41. The number of anilines is 2. The van der Waals surface area contributed by atoms with Gasteiger partial charge in [0.05, 0.1) is 45.4 Å². The molecule has 0 aliphatic heterocycles. The minimum atomic E-state index is -0.0677. The number of ether oxygens (including phenoxy) is 4. The maximum atomic E-state index is 13.1. The van der Waals surface area contributed by atoms with Crippen molar-refractivity contribution in [2.45, 2.75) is 25.7 Å². The first kappa shape index (κ1) is 22.4. The van der Waals surface area contributed by atoms with Gasteiger partial charge in [-0.3, -0.25) is 4.79 Å². The summed E-state index contributed by atoms with van der Waals surface area (Å²) in [5.41, 5.74) is 3.78. The van der Waals surface area contributed by atoms with Crippen molar-refractivity contribution in [1.82, 2.24) is 9.97 Å². The van der Waals surface area contributed by atoms with Gasteiger partial charge in [-0.2, -0.15) is 0 Å². The number of fused-ring (bicyclic) bond motifs is 1. The van der Waals surface area contributed by atoms with Gasteiger partial charge in [-0.1, -0.05) is 0 Å². The van der Waals surface area contributed by atoms with E-state index in [0.29, 0.717) is 47.3 Å². The van der Waals surface area contributed by atoms with Gasteiger partial charge >= 0.3 is 0 Å².